The van der Waals surface area contributed by atoms with E-state index in [0.29, 0.717) is 0 Å². The quantitative estimate of drug-likeness (QED) is 0.173. The highest BCUT2D eigenvalue weighted by Gasteiger charge is 2.42. The van der Waals surface area contributed by atoms with Crippen molar-refractivity contribution in [1.82, 2.24) is 19.9 Å². The summed E-state index contributed by atoms with van der Waals surface area (Å²) in [6.45, 7) is 0. The maximum atomic E-state index is 5.70. The van der Waals surface area contributed by atoms with E-state index in [1.807, 2.05) is 30.3 Å². The van der Waals surface area contributed by atoms with Gasteiger partial charge in [-0.15, -0.1) is 0 Å². The topological polar surface area (TPSA) is 58.0 Å². The summed E-state index contributed by atoms with van der Waals surface area (Å²) >= 11 is 0. The molecule has 1 spiro atoms. The predicted octanol–water partition coefficient (Wildman–Crippen LogP) is 13.9. The number of hydrogen-bond donors (Lipinski definition) is 0. The molecule has 6 nitrogen and oxygen atoms in total. The van der Waals surface area contributed by atoms with E-state index >= 15 is 0 Å². The van der Waals surface area contributed by atoms with E-state index < -0.39 is 5.41 Å². The average molecular weight is 807 g/mol. The van der Waals surface area contributed by atoms with Gasteiger partial charge < -0.3 is 4.90 Å². The fraction of sp³-hybridized carbons (Fsp3) is 0.0175. The molecule has 0 N–H and O–H groups in total. The molecule has 12 rings (SSSR count). The molecular formula is C57H38N6. The number of fused-ring (bicyclic) bond motifs is 24. The molecule has 6 heterocycles. The van der Waals surface area contributed by atoms with Gasteiger partial charge in [-0.3, -0.25) is 14.9 Å². The molecule has 2 aliphatic rings. The van der Waals surface area contributed by atoms with Crippen LogP contribution in [-0.2, 0) is 5.41 Å². The SMILES string of the molecule is c1ccc(N2c3cccc(c3)-c3cccc(n3)C3(c4cccc(c4)-c4cccc(n4)N(c4ccccc4)c4cccc(n4)-c4cccc3c4)c3cccc(n3)-c3cccc2c3)cc1. The summed E-state index contributed by atoms with van der Waals surface area (Å²) in [7, 11) is 0. The van der Waals surface area contributed by atoms with E-state index in [1.165, 1.54) is 0 Å². The molecule has 6 aromatic carbocycles. The van der Waals surface area contributed by atoms with Gasteiger partial charge in [-0.05, 0) is 120 Å². The molecule has 0 amide bonds. The number of aromatic nitrogens is 4. The zero-order chi connectivity index (χ0) is 41.7. The van der Waals surface area contributed by atoms with E-state index in [4.69, 9.17) is 19.9 Å². The number of anilines is 6. The molecule has 0 fully saturated rings. The smallest absolute Gasteiger partial charge is 0.139 e. The minimum absolute atomic E-state index is 0.770. The van der Waals surface area contributed by atoms with Gasteiger partial charge in [0.15, 0.2) is 0 Å². The van der Waals surface area contributed by atoms with Gasteiger partial charge in [0.2, 0.25) is 0 Å². The van der Waals surface area contributed by atoms with E-state index in [2.05, 4.69) is 210 Å². The van der Waals surface area contributed by atoms with E-state index in [0.717, 1.165) is 102 Å². The first-order valence-corrected chi connectivity index (χ1v) is 21.2. The summed E-state index contributed by atoms with van der Waals surface area (Å²) in [5.74, 6) is 1.54. The van der Waals surface area contributed by atoms with Gasteiger partial charge in [0, 0.05) is 45.0 Å². The summed E-state index contributed by atoms with van der Waals surface area (Å²) in [5.41, 5.74) is 14.2. The summed E-state index contributed by atoms with van der Waals surface area (Å²) in [5, 5.41) is 0. The van der Waals surface area contributed by atoms with Gasteiger partial charge in [0.25, 0.3) is 0 Å². The van der Waals surface area contributed by atoms with Gasteiger partial charge in [-0.1, -0.05) is 121 Å². The third kappa shape index (κ3) is 6.19. The standard InChI is InChI=1S/C57H38N6/c1-3-21-45(22-4-1)62-47-25-9-17-41(37-47)49-27-11-31-53(58-49)57(54-32-12-28-50(59-54)42-18-10-26-48(62)38-42)43-19-7-15-39(35-43)51-29-13-33-55(60-51)63(46-23-5-2-6-24-46)56-34-14-30-52(61-56)40-16-8-20-44(57)36-40/h1-38H. The fourth-order valence-corrected chi connectivity index (χ4v) is 9.33. The Hall–Kier alpha value is -8.48. The van der Waals surface area contributed by atoms with Crippen LogP contribution in [-0.4, -0.2) is 19.9 Å². The maximum Gasteiger partial charge on any atom is 0.139 e. The van der Waals surface area contributed by atoms with Crippen LogP contribution in [0.15, 0.2) is 231 Å². The van der Waals surface area contributed by atoms with Gasteiger partial charge in [-0.25, -0.2) is 9.97 Å². The number of pyridine rings is 4. The zero-order valence-electron chi connectivity index (χ0n) is 34.1. The Kier molecular flexibility index (Phi) is 8.61. The molecule has 0 atom stereocenters. The number of nitrogens with zero attached hydrogens (tertiary/aromatic N) is 6. The summed E-state index contributed by atoms with van der Waals surface area (Å²) in [6.07, 6.45) is 0. The maximum absolute atomic E-state index is 5.70. The number of rotatable bonds is 2. The van der Waals surface area contributed by atoms with Crippen LogP contribution in [0, 0.1) is 0 Å². The van der Waals surface area contributed by atoms with Gasteiger partial charge in [0.05, 0.1) is 34.2 Å². The van der Waals surface area contributed by atoms with Crippen molar-refractivity contribution in [2.24, 2.45) is 0 Å². The molecule has 16 bridgehead atoms. The zero-order valence-corrected chi connectivity index (χ0v) is 34.1. The monoisotopic (exact) mass is 806 g/mol. The Labute approximate surface area is 366 Å². The average Bonchev–Trinajstić information content (AvgIpc) is 3.35. The third-order valence-corrected chi connectivity index (χ3v) is 12.2. The lowest BCUT2D eigenvalue weighted by Crippen LogP contribution is -2.33. The second-order valence-electron chi connectivity index (χ2n) is 15.9. The van der Waals surface area contributed by atoms with Crippen molar-refractivity contribution in [1.29, 1.82) is 0 Å². The van der Waals surface area contributed by atoms with Gasteiger partial charge >= 0.3 is 0 Å². The van der Waals surface area contributed by atoms with Crippen LogP contribution in [0.3, 0.4) is 0 Å². The van der Waals surface area contributed by atoms with Crippen molar-refractivity contribution in [3.8, 4) is 45.0 Å². The molecule has 63 heavy (non-hydrogen) atoms. The normalized spacial score (nSPS) is 13.1. The van der Waals surface area contributed by atoms with Crippen molar-refractivity contribution in [3.63, 3.8) is 0 Å². The largest absolute Gasteiger partial charge is 0.310 e. The molecule has 2 aliphatic heterocycles. The van der Waals surface area contributed by atoms with Crippen LogP contribution in [0.25, 0.3) is 45.0 Å². The van der Waals surface area contributed by atoms with E-state index in [1.54, 1.807) is 0 Å². The third-order valence-electron chi connectivity index (χ3n) is 12.2. The fourth-order valence-electron chi connectivity index (χ4n) is 9.33. The van der Waals surface area contributed by atoms with Crippen LogP contribution in [0.5, 0.6) is 0 Å². The van der Waals surface area contributed by atoms with E-state index in [-0.39, 0.29) is 0 Å². The summed E-state index contributed by atoms with van der Waals surface area (Å²) in [4.78, 5) is 26.5. The second kappa shape index (κ2) is 14.9. The highest BCUT2D eigenvalue weighted by Crippen LogP contribution is 2.48. The minimum atomic E-state index is -0.997. The van der Waals surface area contributed by atoms with Gasteiger partial charge in [-0.2, -0.15) is 0 Å². The Morgan fingerprint density at radius 2 is 0.635 bits per heavy atom. The number of para-hydroxylation sites is 2. The number of hydrogen-bond acceptors (Lipinski definition) is 6. The Morgan fingerprint density at radius 1 is 0.270 bits per heavy atom. The molecular weight excluding hydrogens is 769 g/mol. The molecule has 0 saturated carbocycles. The molecule has 296 valence electrons. The number of benzene rings is 6. The Bertz CT molecular complexity index is 2920. The highest BCUT2D eigenvalue weighted by molar-refractivity contribution is 5.82. The molecule has 0 aliphatic carbocycles. The molecule has 0 unspecified atom stereocenters. The first kappa shape index (κ1) is 36.4. The van der Waals surface area contributed by atoms with Crippen LogP contribution in [0.2, 0.25) is 0 Å². The van der Waals surface area contributed by atoms with Crippen LogP contribution in [0.4, 0.5) is 34.4 Å². The van der Waals surface area contributed by atoms with E-state index in [9.17, 15) is 0 Å². The summed E-state index contributed by atoms with van der Waals surface area (Å²) in [6, 6.07) is 81.0. The van der Waals surface area contributed by atoms with Crippen LogP contribution in [0.1, 0.15) is 22.5 Å². The molecule has 0 radical (unpaired) electrons. The van der Waals surface area contributed by atoms with Gasteiger partial charge in [0.1, 0.15) is 17.1 Å². The summed E-state index contributed by atoms with van der Waals surface area (Å²) < 4.78 is 0. The van der Waals surface area contributed by atoms with Crippen molar-refractivity contribution < 1.29 is 0 Å². The lowest BCUT2D eigenvalue weighted by Gasteiger charge is -2.36. The molecule has 4 aromatic heterocycles. The lowest BCUT2D eigenvalue weighted by molar-refractivity contribution is 0.690. The first-order valence-electron chi connectivity index (χ1n) is 21.2. The second-order valence-corrected chi connectivity index (χ2v) is 15.9. The lowest BCUT2D eigenvalue weighted by atomic mass is 9.68. The van der Waals surface area contributed by atoms with Crippen molar-refractivity contribution in [2.45, 2.75) is 5.41 Å². The van der Waals surface area contributed by atoms with Crippen molar-refractivity contribution >= 4 is 34.4 Å². The van der Waals surface area contributed by atoms with Crippen molar-refractivity contribution in [3.05, 3.63) is 253 Å². The molecule has 10 aromatic rings. The minimum Gasteiger partial charge on any atom is -0.310 e. The van der Waals surface area contributed by atoms with Crippen LogP contribution < -0.4 is 9.80 Å². The molecule has 0 saturated heterocycles. The van der Waals surface area contributed by atoms with Crippen LogP contribution >= 0.6 is 0 Å². The Balaban J connectivity index is 1.18. The van der Waals surface area contributed by atoms with Crippen molar-refractivity contribution in [2.75, 3.05) is 9.80 Å². The first-order chi connectivity index (χ1) is 31.2. The predicted molar refractivity (Wildman–Crippen MR) is 254 cm³/mol. The Morgan fingerprint density at radius 3 is 1.11 bits per heavy atom. The highest BCUT2D eigenvalue weighted by atomic mass is 15.2. The molecule has 6 heteroatoms.